The topological polar surface area (TPSA) is 54.6 Å². The number of aromatic nitrogens is 1. The van der Waals surface area contributed by atoms with E-state index in [1.807, 2.05) is 32.0 Å². The molecule has 0 atom stereocenters. The molecule has 4 nitrogen and oxygen atoms in total. The highest BCUT2D eigenvalue weighted by Crippen LogP contribution is 2.35. The van der Waals surface area contributed by atoms with Gasteiger partial charge in [0.25, 0.3) is 0 Å². The van der Waals surface area contributed by atoms with E-state index in [0.29, 0.717) is 16.8 Å². The van der Waals surface area contributed by atoms with Gasteiger partial charge in [0.05, 0.1) is 16.9 Å². The number of ketones is 1. The molecule has 1 aliphatic heterocycles. The number of nitrogens with zero attached hydrogens (tertiary/aromatic N) is 2. The Hall–Kier alpha value is -2.36. The number of aliphatic imine (C=N–C) groups is 1. The predicted octanol–water partition coefficient (Wildman–Crippen LogP) is 2.55. The third-order valence-electron chi connectivity index (χ3n) is 3.14. The SMILES string of the molecule is CC(C)N=Cc1cc2n(c1O)-c1ccccc1C2=O. The fraction of sp³-hybridized carbons (Fsp3) is 0.200. The largest absolute Gasteiger partial charge is 0.494 e. The maximum Gasteiger partial charge on any atom is 0.211 e. The smallest absolute Gasteiger partial charge is 0.211 e. The Bertz CT molecular complexity index is 696. The van der Waals surface area contributed by atoms with Gasteiger partial charge in [-0.2, -0.15) is 0 Å². The summed E-state index contributed by atoms with van der Waals surface area (Å²) in [5, 5.41) is 10.2. The molecule has 0 saturated heterocycles. The van der Waals surface area contributed by atoms with Crippen LogP contribution in [0.3, 0.4) is 0 Å². The first-order valence-electron chi connectivity index (χ1n) is 6.21. The summed E-state index contributed by atoms with van der Waals surface area (Å²) in [6, 6.07) is 9.10. The first-order chi connectivity index (χ1) is 9.09. The summed E-state index contributed by atoms with van der Waals surface area (Å²) in [5.41, 5.74) is 2.42. The molecule has 1 aliphatic rings. The van der Waals surface area contributed by atoms with Crippen molar-refractivity contribution in [1.29, 1.82) is 0 Å². The molecule has 2 aromatic rings. The minimum Gasteiger partial charge on any atom is -0.494 e. The van der Waals surface area contributed by atoms with Crippen LogP contribution in [0.2, 0.25) is 0 Å². The molecule has 0 spiro atoms. The normalized spacial score (nSPS) is 13.3. The summed E-state index contributed by atoms with van der Waals surface area (Å²) >= 11 is 0. The highest BCUT2D eigenvalue weighted by molar-refractivity contribution is 6.15. The second-order valence-corrected chi connectivity index (χ2v) is 4.86. The van der Waals surface area contributed by atoms with Gasteiger partial charge in [-0.1, -0.05) is 12.1 Å². The maximum absolute atomic E-state index is 12.2. The van der Waals surface area contributed by atoms with Crippen molar-refractivity contribution in [2.24, 2.45) is 4.99 Å². The van der Waals surface area contributed by atoms with Gasteiger partial charge in [0.15, 0.2) is 0 Å². The van der Waals surface area contributed by atoms with E-state index in [9.17, 15) is 9.90 Å². The van der Waals surface area contributed by atoms with Crippen molar-refractivity contribution in [2.45, 2.75) is 19.9 Å². The number of fused-ring (bicyclic) bond motifs is 3. The number of rotatable bonds is 2. The van der Waals surface area contributed by atoms with Crippen LogP contribution in [0.1, 0.15) is 35.5 Å². The van der Waals surface area contributed by atoms with Crippen LogP contribution in [0.4, 0.5) is 0 Å². The molecule has 2 heterocycles. The van der Waals surface area contributed by atoms with Gasteiger partial charge in [0, 0.05) is 17.8 Å². The Kier molecular flexibility index (Phi) is 2.52. The van der Waals surface area contributed by atoms with Crippen LogP contribution >= 0.6 is 0 Å². The summed E-state index contributed by atoms with van der Waals surface area (Å²) in [6.45, 7) is 3.91. The Morgan fingerprint density at radius 1 is 1.32 bits per heavy atom. The quantitative estimate of drug-likeness (QED) is 0.714. The molecule has 0 unspecified atom stereocenters. The van der Waals surface area contributed by atoms with Crippen molar-refractivity contribution >= 4 is 12.0 Å². The number of carbonyl (C=O) groups is 1. The molecule has 0 fully saturated rings. The standard InChI is InChI=1S/C15H14N2O2/c1-9(2)16-8-10-7-13-14(18)11-5-3-4-6-12(11)17(13)15(10)19/h3-9,19H,1-2H3. The van der Waals surface area contributed by atoms with Gasteiger partial charge in [-0.3, -0.25) is 14.4 Å². The molecular formula is C15H14N2O2. The lowest BCUT2D eigenvalue weighted by Gasteiger charge is -2.03. The zero-order valence-electron chi connectivity index (χ0n) is 10.8. The van der Waals surface area contributed by atoms with Crippen LogP contribution < -0.4 is 0 Å². The monoisotopic (exact) mass is 254 g/mol. The summed E-state index contributed by atoms with van der Waals surface area (Å²) in [6.07, 6.45) is 1.61. The maximum atomic E-state index is 12.2. The second-order valence-electron chi connectivity index (χ2n) is 4.86. The van der Waals surface area contributed by atoms with Gasteiger partial charge in [0.2, 0.25) is 11.7 Å². The van der Waals surface area contributed by atoms with Gasteiger partial charge in [-0.05, 0) is 32.0 Å². The minimum absolute atomic E-state index is 0.0601. The van der Waals surface area contributed by atoms with E-state index in [2.05, 4.69) is 4.99 Å². The van der Waals surface area contributed by atoms with Crippen LogP contribution in [-0.4, -0.2) is 27.7 Å². The molecule has 0 bridgehead atoms. The fourth-order valence-corrected chi connectivity index (χ4v) is 2.25. The van der Waals surface area contributed by atoms with Crippen molar-refractivity contribution in [1.82, 2.24) is 4.57 Å². The molecule has 0 saturated carbocycles. The Morgan fingerprint density at radius 3 is 2.79 bits per heavy atom. The minimum atomic E-state index is -0.0601. The van der Waals surface area contributed by atoms with Crippen molar-refractivity contribution in [3.63, 3.8) is 0 Å². The highest BCUT2D eigenvalue weighted by atomic mass is 16.3. The van der Waals surface area contributed by atoms with E-state index in [-0.39, 0.29) is 17.7 Å². The summed E-state index contributed by atoms with van der Waals surface area (Å²) < 4.78 is 1.58. The Balaban J connectivity index is 2.16. The Labute approximate surface area is 111 Å². The third kappa shape index (κ3) is 1.68. The number of hydrogen-bond acceptors (Lipinski definition) is 3. The van der Waals surface area contributed by atoms with Gasteiger partial charge in [-0.25, -0.2) is 0 Å². The zero-order valence-corrected chi connectivity index (χ0v) is 10.8. The zero-order chi connectivity index (χ0) is 13.6. The molecule has 96 valence electrons. The van der Waals surface area contributed by atoms with Gasteiger partial charge >= 0.3 is 0 Å². The number of para-hydroxylation sites is 1. The molecule has 1 aromatic carbocycles. The van der Waals surface area contributed by atoms with E-state index in [1.54, 1.807) is 22.9 Å². The molecule has 4 heteroatoms. The van der Waals surface area contributed by atoms with Gasteiger partial charge in [-0.15, -0.1) is 0 Å². The van der Waals surface area contributed by atoms with E-state index >= 15 is 0 Å². The summed E-state index contributed by atoms with van der Waals surface area (Å²) in [4.78, 5) is 16.5. The predicted molar refractivity (Wildman–Crippen MR) is 73.6 cm³/mol. The molecule has 3 rings (SSSR count). The number of benzene rings is 1. The summed E-state index contributed by atoms with van der Waals surface area (Å²) in [5.74, 6) is 0.00722. The van der Waals surface area contributed by atoms with E-state index in [1.165, 1.54) is 0 Å². The lowest BCUT2D eigenvalue weighted by Crippen LogP contribution is -1.94. The lowest BCUT2D eigenvalue weighted by molar-refractivity contribution is 0.104. The molecule has 0 amide bonds. The first-order valence-corrected chi connectivity index (χ1v) is 6.21. The number of hydrogen-bond donors (Lipinski definition) is 1. The van der Waals surface area contributed by atoms with Crippen molar-refractivity contribution < 1.29 is 9.90 Å². The van der Waals surface area contributed by atoms with E-state index in [4.69, 9.17) is 0 Å². The van der Waals surface area contributed by atoms with Crippen LogP contribution in [0.5, 0.6) is 5.88 Å². The van der Waals surface area contributed by atoms with E-state index < -0.39 is 0 Å². The molecule has 0 radical (unpaired) electrons. The average Bonchev–Trinajstić information content (AvgIpc) is 2.86. The summed E-state index contributed by atoms with van der Waals surface area (Å²) in [7, 11) is 0. The molecule has 0 aliphatic carbocycles. The fourth-order valence-electron chi connectivity index (χ4n) is 2.25. The molecular weight excluding hydrogens is 240 g/mol. The molecule has 1 aromatic heterocycles. The van der Waals surface area contributed by atoms with Crippen LogP contribution in [0.25, 0.3) is 5.69 Å². The number of aromatic hydroxyl groups is 1. The van der Waals surface area contributed by atoms with Crippen molar-refractivity contribution in [3.8, 4) is 11.6 Å². The third-order valence-corrected chi connectivity index (χ3v) is 3.14. The molecule has 19 heavy (non-hydrogen) atoms. The second kappa shape index (κ2) is 4.09. The van der Waals surface area contributed by atoms with E-state index in [0.717, 1.165) is 5.69 Å². The van der Waals surface area contributed by atoms with Crippen LogP contribution in [0, 0.1) is 0 Å². The van der Waals surface area contributed by atoms with Crippen LogP contribution in [-0.2, 0) is 0 Å². The van der Waals surface area contributed by atoms with Crippen LogP contribution in [0.15, 0.2) is 35.3 Å². The lowest BCUT2D eigenvalue weighted by atomic mass is 10.1. The Morgan fingerprint density at radius 2 is 2.05 bits per heavy atom. The first kappa shape index (κ1) is 11.7. The van der Waals surface area contributed by atoms with Crippen molar-refractivity contribution in [3.05, 3.63) is 47.2 Å². The highest BCUT2D eigenvalue weighted by Gasteiger charge is 2.30. The number of carbonyl (C=O) groups excluding carboxylic acids is 1. The average molecular weight is 254 g/mol. The molecule has 1 N–H and O–H groups in total. The van der Waals surface area contributed by atoms with Gasteiger partial charge in [0.1, 0.15) is 0 Å². The van der Waals surface area contributed by atoms with Gasteiger partial charge < -0.3 is 5.11 Å². The van der Waals surface area contributed by atoms with Crippen molar-refractivity contribution in [2.75, 3.05) is 0 Å².